The Hall–Kier alpha value is -3.71. The van der Waals surface area contributed by atoms with Gasteiger partial charge in [-0.05, 0) is 81.3 Å². The van der Waals surface area contributed by atoms with Crippen LogP contribution in [0.15, 0.2) is 17.1 Å². The smallest absolute Gasteiger partial charge is 0.243 e. The highest BCUT2D eigenvalue weighted by atomic mass is 16.3. The molecule has 4 atom stereocenters. The lowest BCUT2D eigenvalue weighted by atomic mass is 9.93. The zero-order valence-electron chi connectivity index (χ0n) is 23.7. The molecule has 0 heterocycles. The van der Waals surface area contributed by atoms with Gasteiger partial charge in [-0.1, -0.05) is 6.92 Å². The Morgan fingerprint density at radius 2 is 1.52 bits per heavy atom. The van der Waals surface area contributed by atoms with Gasteiger partial charge in [0.1, 0.15) is 11.8 Å². The third-order valence-electron chi connectivity index (χ3n) is 6.67. The summed E-state index contributed by atoms with van der Waals surface area (Å²) in [7, 11) is 0. The number of carbonyl (C=O) groups is 4. The van der Waals surface area contributed by atoms with E-state index in [4.69, 9.17) is 28.7 Å². The fourth-order valence-corrected chi connectivity index (χ4v) is 4.26. The summed E-state index contributed by atoms with van der Waals surface area (Å²) in [4.78, 5) is 55.0. The lowest BCUT2D eigenvalue weighted by Gasteiger charge is -2.25. The topological polar surface area (TPSA) is 255 Å². The number of carbonyl (C=O) groups excluding carboxylic acids is 4. The van der Waals surface area contributed by atoms with Gasteiger partial charge in [-0.3, -0.25) is 24.2 Å². The third kappa shape index (κ3) is 12.0. The first-order valence-corrected chi connectivity index (χ1v) is 13.5. The quantitative estimate of drug-likeness (QED) is 0.0626. The predicted octanol–water partition coefficient (Wildman–Crippen LogP) is -0.888. The lowest BCUT2D eigenvalue weighted by molar-refractivity contribution is -0.133. The first-order valence-electron chi connectivity index (χ1n) is 13.5. The van der Waals surface area contributed by atoms with Crippen molar-refractivity contribution in [3.63, 3.8) is 0 Å². The summed E-state index contributed by atoms with van der Waals surface area (Å²) >= 11 is 0. The number of aromatic hydroxyl groups is 1. The highest BCUT2D eigenvalue weighted by Gasteiger charge is 2.30. The van der Waals surface area contributed by atoms with Crippen molar-refractivity contribution in [3.8, 4) is 5.75 Å². The number of unbranched alkanes of at least 4 members (excludes halogenated alkanes) is 1. The summed E-state index contributed by atoms with van der Waals surface area (Å²) in [6.07, 6.45) is 2.23. The number of aliphatic imine (C=N–C) groups is 1. The number of nitrogens with one attached hydrogen (secondary N) is 2. The molecule has 0 spiro atoms. The zero-order chi connectivity index (χ0) is 30.4. The maximum absolute atomic E-state index is 13.6. The normalized spacial score (nSPS) is 13.9. The van der Waals surface area contributed by atoms with E-state index in [-0.39, 0.29) is 36.8 Å². The molecule has 0 saturated heterocycles. The van der Waals surface area contributed by atoms with Crippen LogP contribution in [0.4, 0.5) is 0 Å². The fourth-order valence-electron chi connectivity index (χ4n) is 4.26. The molecule has 1 aromatic rings. The van der Waals surface area contributed by atoms with E-state index in [1.165, 1.54) is 0 Å². The van der Waals surface area contributed by atoms with Gasteiger partial charge in [-0.25, -0.2) is 0 Å². The summed E-state index contributed by atoms with van der Waals surface area (Å²) in [6.45, 7) is 5.85. The van der Waals surface area contributed by atoms with Crippen molar-refractivity contribution < 1.29 is 24.3 Å². The van der Waals surface area contributed by atoms with Gasteiger partial charge in [0, 0.05) is 25.3 Å². The van der Waals surface area contributed by atoms with Gasteiger partial charge in [-0.15, -0.1) is 0 Å². The van der Waals surface area contributed by atoms with Crippen molar-refractivity contribution in [2.45, 2.75) is 83.8 Å². The van der Waals surface area contributed by atoms with Crippen LogP contribution in [0.5, 0.6) is 5.75 Å². The number of nitrogens with zero attached hydrogens (tertiary/aromatic N) is 1. The highest BCUT2D eigenvalue weighted by Crippen LogP contribution is 2.22. The van der Waals surface area contributed by atoms with E-state index in [2.05, 4.69) is 15.6 Å². The van der Waals surface area contributed by atoms with Gasteiger partial charge >= 0.3 is 0 Å². The fraction of sp³-hybridized carbons (Fsp3) is 0.593. The van der Waals surface area contributed by atoms with Crippen molar-refractivity contribution in [1.82, 2.24) is 10.6 Å². The molecule has 0 unspecified atom stereocenters. The third-order valence-corrected chi connectivity index (χ3v) is 6.67. The van der Waals surface area contributed by atoms with Crippen LogP contribution in [0.2, 0.25) is 0 Å². The van der Waals surface area contributed by atoms with Crippen LogP contribution in [0.25, 0.3) is 0 Å². The Balaban J connectivity index is 3.19. The highest BCUT2D eigenvalue weighted by molar-refractivity contribution is 5.95. The second kappa shape index (κ2) is 17.1. The average molecular weight is 563 g/mol. The van der Waals surface area contributed by atoms with E-state index in [1.54, 1.807) is 32.9 Å². The van der Waals surface area contributed by atoms with Crippen LogP contribution >= 0.6 is 0 Å². The van der Waals surface area contributed by atoms with Crippen LogP contribution in [-0.2, 0) is 25.6 Å². The summed E-state index contributed by atoms with van der Waals surface area (Å²) in [5, 5.41) is 15.4. The molecular formula is C27H46N8O5. The van der Waals surface area contributed by atoms with Gasteiger partial charge in [-0.2, -0.15) is 0 Å². The Labute approximate surface area is 235 Å². The molecule has 0 aliphatic rings. The minimum atomic E-state index is -1.07. The van der Waals surface area contributed by atoms with Crippen LogP contribution in [0.3, 0.4) is 0 Å². The molecule has 1 aromatic carbocycles. The first kappa shape index (κ1) is 34.3. The molecule has 0 aromatic heterocycles. The number of nitrogens with two attached hydrogens (primary N) is 5. The van der Waals surface area contributed by atoms with Gasteiger partial charge in [0.05, 0.1) is 12.1 Å². The number of rotatable bonds is 18. The standard InChI is InChI=1S/C27H46N8O5/c1-15-11-18(36)12-16(2)19(15)14-22(35-25(39)20(29)7-6-10-33-27(31)32)26(40)34-21(8-4-5-9-28)23(37)13-17(3)24(30)38/h11-12,17,20-22,36H,4-10,13-14,28-29H2,1-3H3,(H2,30,38)(H,34,40)(H,35,39)(H4,31,32,33)/t17-,20-,21+,22+/m1/s1. The van der Waals surface area contributed by atoms with Crippen molar-refractivity contribution >= 4 is 29.5 Å². The Bertz CT molecular complexity index is 1030. The minimum Gasteiger partial charge on any atom is -0.508 e. The number of phenols is 1. The van der Waals surface area contributed by atoms with Gasteiger partial charge in [0.15, 0.2) is 11.7 Å². The molecule has 224 valence electrons. The van der Waals surface area contributed by atoms with Crippen LogP contribution < -0.4 is 39.3 Å². The van der Waals surface area contributed by atoms with E-state index in [1.807, 2.05) is 0 Å². The lowest BCUT2D eigenvalue weighted by Crippen LogP contribution is -2.55. The molecule has 13 N–H and O–H groups in total. The second-order valence-electron chi connectivity index (χ2n) is 10.2. The van der Waals surface area contributed by atoms with Crippen LogP contribution in [-0.4, -0.2) is 65.8 Å². The number of hydrogen-bond acceptors (Lipinski definition) is 8. The molecule has 0 radical (unpaired) electrons. The Morgan fingerprint density at radius 1 is 0.925 bits per heavy atom. The molecule has 40 heavy (non-hydrogen) atoms. The van der Waals surface area contributed by atoms with E-state index < -0.39 is 41.8 Å². The van der Waals surface area contributed by atoms with Gasteiger partial charge in [0.2, 0.25) is 17.7 Å². The monoisotopic (exact) mass is 562 g/mol. The molecule has 0 fully saturated rings. The number of Topliss-reactive ketones (excluding diaryl/α,β-unsaturated/α-hetero) is 1. The summed E-state index contributed by atoms with van der Waals surface area (Å²) in [5.74, 6) is -2.75. The van der Waals surface area contributed by atoms with Crippen molar-refractivity contribution in [2.75, 3.05) is 13.1 Å². The van der Waals surface area contributed by atoms with Crippen LogP contribution in [0, 0.1) is 19.8 Å². The number of aryl methyl sites for hydroxylation is 2. The summed E-state index contributed by atoms with van der Waals surface area (Å²) in [6, 6.07) is 0.245. The number of guanidine groups is 1. The number of benzene rings is 1. The molecule has 13 heteroatoms. The van der Waals surface area contributed by atoms with Gasteiger partial charge < -0.3 is 44.4 Å². The molecular weight excluding hydrogens is 516 g/mol. The number of phenolic OH excluding ortho intramolecular Hbond substituents is 1. The number of primary amides is 1. The minimum absolute atomic E-state index is 0.0600. The molecule has 0 aliphatic carbocycles. The second-order valence-corrected chi connectivity index (χ2v) is 10.2. The molecule has 13 nitrogen and oxygen atoms in total. The SMILES string of the molecule is Cc1cc(O)cc(C)c1C[C@H](NC(=O)[C@H](N)CCCN=C(N)N)C(=O)N[C@@H](CCCCN)C(=O)C[C@@H](C)C(N)=O. The zero-order valence-corrected chi connectivity index (χ0v) is 23.7. The van der Waals surface area contributed by atoms with Crippen molar-refractivity contribution in [3.05, 3.63) is 28.8 Å². The van der Waals surface area contributed by atoms with Crippen molar-refractivity contribution in [1.29, 1.82) is 0 Å². The molecule has 3 amide bonds. The maximum atomic E-state index is 13.6. The van der Waals surface area contributed by atoms with E-state index >= 15 is 0 Å². The van der Waals surface area contributed by atoms with E-state index in [0.29, 0.717) is 38.8 Å². The maximum Gasteiger partial charge on any atom is 0.243 e. The van der Waals surface area contributed by atoms with Gasteiger partial charge in [0.25, 0.3) is 0 Å². The van der Waals surface area contributed by atoms with Crippen LogP contribution in [0.1, 0.15) is 62.1 Å². The molecule has 0 bridgehead atoms. The number of amides is 3. The van der Waals surface area contributed by atoms with E-state index in [0.717, 1.165) is 16.7 Å². The largest absolute Gasteiger partial charge is 0.508 e. The summed E-state index contributed by atoms with van der Waals surface area (Å²) < 4.78 is 0. The number of ketones is 1. The summed E-state index contributed by atoms with van der Waals surface area (Å²) in [5.41, 5.74) is 29.9. The molecule has 1 rings (SSSR count). The predicted molar refractivity (Wildman–Crippen MR) is 154 cm³/mol. The average Bonchev–Trinajstić information content (AvgIpc) is 2.86. The Kier molecular flexibility index (Phi) is 14.7. The molecule has 0 aliphatic heterocycles. The first-order chi connectivity index (χ1) is 18.8. The number of hydrogen-bond donors (Lipinski definition) is 8. The Morgan fingerprint density at radius 3 is 2.08 bits per heavy atom. The molecule has 0 saturated carbocycles. The van der Waals surface area contributed by atoms with Crippen molar-refractivity contribution in [2.24, 2.45) is 39.6 Å². The van der Waals surface area contributed by atoms with E-state index in [9.17, 15) is 24.3 Å².